The molecule has 0 aliphatic heterocycles. The first-order valence-corrected chi connectivity index (χ1v) is 6.67. The summed E-state index contributed by atoms with van der Waals surface area (Å²) in [4.78, 5) is 4.26. The zero-order valence-corrected chi connectivity index (χ0v) is 11.0. The van der Waals surface area contributed by atoms with E-state index in [1.165, 1.54) is 25.7 Å². The Labute approximate surface area is 108 Å². The van der Waals surface area contributed by atoms with E-state index in [9.17, 15) is 0 Å². The lowest BCUT2D eigenvalue weighted by Gasteiger charge is -2.12. The molecule has 1 N–H and O–H groups in total. The van der Waals surface area contributed by atoms with E-state index in [1.54, 1.807) is 0 Å². The summed E-state index contributed by atoms with van der Waals surface area (Å²) >= 11 is 2.24. The first-order chi connectivity index (χ1) is 7.83. The third-order valence-electron chi connectivity index (χ3n) is 3.03. The van der Waals surface area contributed by atoms with Gasteiger partial charge < -0.3 is 5.32 Å². The zero-order chi connectivity index (χ0) is 11.0. The Morgan fingerprint density at radius 3 is 2.94 bits per heavy atom. The number of rotatable bonds is 2. The fourth-order valence-corrected chi connectivity index (χ4v) is 2.70. The lowest BCUT2D eigenvalue weighted by molar-refractivity contribution is 0.742. The lowest BCUT2D eigenvalue weighted by Crippen LogP contribution is -2.16. The van der Waals surface area contributed by atoms with Gasteiger partial charge in [0.2, 0.25) is 0 Å². The van der Waals surface area contributed by atoms with E-state index in [0.29, 0.717) is 6.04 Å². The van der Waals surface area contributed by atoms with Crippen molar-refractivity contribution in [1.29, 1.82) is 0 Å². The largest absolute Gasteiger partial charge is 0.366 e. The maximum Gasteiger partial charge on any atom is 0.154 e. The molecule has 0 radical (unpaired) electrons. The maximum atomic E-state index is 4.53. The summed E-state index contributed by atoms with van der Waals surface area (Å²) in [7, 11) is 0. The summed E-state index contributed by atoms with van der Waals surface area (Å²) in [5.41, 5.74) is 0.904. The van der Waals surface area contributed by atoms with E-state index in [-0.39, 0.29) is 0 Å². The SMILES string of the molecule is Ic1cnc2ccc(NC3CCCC3)nn12. The van der Waals surface area contributed by atoms with Crippen molar-refractivity contribution in [3.63, 3.8) is 0 Å². The van der Waals surface area contributed by atoms with Crippen LogP contribution in [0.15, 0.2) is 18.3 Å². The monoisotopic (exact) mass is 328 g/mol. The minimum absolute atomic E-state index is 0.603. The van der Waals surface area contributed by atoms with Crippen molar-refractivity contribution < 1.29 is 0 Å². The number of halogens is 1. The number of anilines is 1. The van der Waals surface area contributed by atoms with Crippen molar-refractivity contribution in [2.75, 3.05) is 5.32 Å². The summed E-state index contributed by atoms with van der Waals surface area (Å²) in [6.45, 7) is 0. The second-order valence-corrected chi connectivity index (χ2v) is 5.30. The molecule has 3 rings (SSSR count). The molecule has 2 aromatic rings. The fourth-order valence-electron chi connectivity index (χ4n) is 2.20. The van der Waals surface area contributed by atoms with Crippen LogP contribution in [0.1, 0.15) is 25.7 Å². The van der Waals surface area contributed by atoms with Gasteiger partial charge in [0.15, 0.2) is 5.65 Å². The summed E-state index contributed by atoms with van der Waals surface area (Å²) in [6.07, 6.45) is 7.04. The molecule has 4 nitrogen and oxygen atoms in total. The van der Waals surface area contributed by atoms with Crippen LogP contribution >= 0.6 is 22.6 Å². The molecule has 2 aromatic heterocycles. The molecule has 16 heavy (non-hydrogen) atoms. The third-order valence-corrected chi connectivity index (χ3v) is 3.76. The van der Waals surface area contributed by atoms with Gasteiger partial charge in [0, 0.05) is 6.04 Å². The summed E-state index contributed by atoms with van der Waals surface area (Å²) in [6, 6.07) is 4.62. The summed E-state index contributed by atoms with van der Waals surface area (Å²) in [5.74, 6) is 0.954. The number of fused-ring (bicyclic) bond motifs is 1. The van der Waals surface area contributed by atoms with Crippen LogP contribution in [-0.4, -0.2) is 20.6 Å². The molecule has 2 heterocycles. The van der Waals surface area contributed by atoms with Gasteiger partial charge in [-0.1, -0.05) is 12.8 Å². The van der Waals surface area contributed by atoms with Crippen LogP contribution in [0.4, 0.5) is 5.82 Å². The minimum Gasteiger partial charge on any atom is -0.366 e. The molecule has 1 aliphatic rings. The normalized spacial score (nSPS) is 17.1. The van der Waals surface area contributed by atoms with Crippen LogP contribution < -0.4 is 5.32 Å². The topological polar surface area (TPSA) is 42.2 Å². The van der Waals surface area contributed by atoms with Gasteiger partial charge in [0.1, 0.15) is 9.52 Å². The Bertz CT molecular complexity index is 502. The van der Waals surface area contributed by atoms with E-state index in [1.807, 2.05) is 22.8 Å². The van der Waals surface area contributed by atoms with Crippen LogP contribution in [0.5, 0.6) is 0 Å². The van der Waals surface area contributed by atoms with Crippen LogP contribution in [0, 0.1) is 3.70 Å². The number of imidazole rings is 1. The average Bonchev–Trinajstić information content (AvgIpc) is 2.90. The first-order valence-electron chi connectivity index (χ1n) is 5.60. The number of nitrogens with zero attached hydrogens (tertiary/aromatic N) is 3. The van der Waals surface area contributed by atoms with E-state index < -0.39 is 0 Å². The lowest BCUT2D eigenvalue weighted by atomic mass is 10.2. The molecule has 0 aromatic carbocycles. The van der Waals surface area contributed by atoms with Gasteiger partial charge in [-0.05, 0) is 47.6 Å². The number of aromatic nitrogens is 3. The Kier molecular flexibility index (Phi) is 2.70. The summed E-state index contributed by atoms with van der Waals surface area (Å²) < 4.78 is 2.92. The molecule has 0 unspecified atom stereocenters. The van der Waals surface area contributed by atoms with Crippen LogP contribution in [0.2, 0.25) is 0 Å². The Hall–Kier alpha value is -0.850. The fraction of sp³-hybridized carbons (Fsp3) is 0.455. The maximum absolute atomic E-state index is 4.53. The smallest absolute Gasteiger partial charge is 0.154 e. The second-order valence-electron chi connectivity index (χ2n) is 4.20. The van der Waals surface area contributed by atoms with Gasteiger partial charge in [-0.2, -0.15) is 0 Å². The molecule has 1 aliphatic carbocycles. The zero-order valence-electron chi connectivity index (χ0n) is 8.86. The van der Waals surface area contributed by atoms with Crippen LogP contribution in [-0.2, 0) is 0 Å². The van der Waals surface area contributed by atoms with Gasteiger partial charge in [-0.15, -0.1) is 5.10 Å². The highest BCUT2D eigenvalue weighted by Crippen LogP contribution is 2.21. The molecule has 0 amide bonds. The van der Waals surface area contributed by atoms with Gasteiger partial charge in [-0.25, -0.2) is 9.50 Å². The van der Waals surface area contributed by atoms with Gasteiger partial charge in [0.25, 0.3) is 0 Å². The molecule has 0 spiro atoms. The highest BCUT2D eigenvalue weighted by molar-refractivity contribution is 14.1. The molecule has 5 heteroatoms. The van der Waals surface area contributed by atoms with Crippen molar-refractivity contribution in [2.45, 2.75) is 31.7 Å². The van der Waals surface area contributed by atoms with Crippen molar-refractivity contribution in [3.05, 3.63) is 22.0 Å². The molecular formula is C11H13IN4. The first kappa shape index (κ1) is 10.3. The molecule has 0 atom stereocenters. The van der Waals surface area contributed by atoms with Crippen molar-refractivity contribution >= 4 is 34.1 Å². The molecule has 0 bridgehead atoms. The predicted octanol–water partition coefficient (Wildman–Crippen LogP) is 2.69. The van der Waals surface area contributed by atoms with Crippen molar-refractivity contribution in [3.8, 4) is 0 Å². The number of hydrogen-bond donors (Lipinski definition) is 1. The second kappa shape index (κ2) is 4.20. The van der Waals surface area contributed by atoms with E-state index in [4.69, 9.17) is 0 Å². The minimum atomic E-state index is 0.603. The van der Waals surface area contributed by atoms with Crippen LogP contribution in [0.3, 0.4) is 0 Å². The molecular weight excluding hydrogens is 315 g/mol. The highest BCUT2D eigenvalue weighted by atomic mass is 127. The van der Waals surface area contributed by atoms with E-state index >= 15 is 0 Å². The van der Waals surface area contributed by atoms with Gasteiger partial charge >= 0.3 is 0 Å². The van der Waals surface area contributed by atoms with Crippen molar-refractivity contribution in [1.82, 2.24) is 14.6 Å². The molecule has 1 fully saturated rings. The van der Waals surface area contributed by atoms with Crippen LogP contribution in [0.25, 0.3) is 5.65 Å². The number of nitrogens with one attached hydrogen (secondary N) is 1. The molecule has 0 saturated heterocycles. The predicted molar refractivity (Wildman–Crippen MR) is 71.6 cm³/mol. The van der Waals surface area contributed by atoms with E-state index in [0.717, 1.165) is 15.2 Å². The van der Waals surface area contributed by atoms with E-state index in [2.05, 4.69) is 38.0 Å². The quantitative estimate of drug-likeness (QED) is 0.862. The molecule has 1 saturated carbocycles. The number of hydrogen-bond acceptors (Lipinski definition) is 3. The Morgan fingerprint density at radius 1 is 1.31 bits per heavy atom. The average molecular weight is 328 g/mol. The van der Waals surface area contributed by atoms with Gasteiger partial charge in [-0.3, -0.25) is 0 Å². The van der Waals surface area contributed by atoms with Gasteiger partial charge in [0.05, 0.1) is 6.20 Å². The summed E-state index contributed by atoms with van der Waals surface area (Å²) in [5, 5.41) is 8.02. The Balaban J connectivity index is 1.88. The molecule has 84 valence electrons. The third kappa shape index (κ3) is 1.88. The standard InChI is InChI=1S/C11H13IN4/c12-9-7-13-11-6-5-10(15-16(9)11)14-8-3-1-2-4-8/h5-8H,1-4H2,(H,14,15). The highest BCUT2D eigenvalue weighted by Gasteiger charge is 2.15. The Morgan fingerprint density at radius 2 is 2.12 bits per heavy atom. The van der Waals surface area contributed by atoms with Crippen molar-refractivity contribution in [2.24, 2.45) is 0 Å².